The SMILES string of the molecule is O=C1O[C@@H]2[C@@H](O)[C@H](O)O[C@H]1[C@H]2O. The third-order valence-corrected chi connectivity index (χ3v) is 2.05. The van der Waals surface area contributed by atoms with Crippen LogP contribution in [0.15, 0.2) is 0 Å². The van der Waals surface area contributed by atoms with Gasteiger partial charge in [0.15, 0.2) is 18.5 Å². The minimum absolute atomic E-state index is 0.747. The first-order valence-corrected chi connectivity index (χ1v) is 3.51. The fraction of sp³-hybridized carbons (Fsp3) is 0.833. The Morgan fingerprint density at radius 2 is 1.83 bits per heavy atom. The normalized spacial score (nSPS) is 52.2. The molecule has 68 valence electrons. The molecule has 0 aromatic heterocycles. The highest BCUT2D eigenvalue weighted by molar-refractivity contribution is 5.78. The minimum Gasteiger partial charge on any atom is -0.454 e. The molecule has 2 aliphatic heterocycles. The molecule has 5 atom stereocenters. The predicted octanol–water partition coefficient (Wildman–Crippen LogP) is -2.65. The van der Waals surface area contributed by atoms with Crippen molar-refractivity contribution in [1.82, 2.24) is 0 Å². The molecule has 2 bridgehead atoms. The number of rotatable bonds is 0. The summed E-state index contributed by atoms with van der Waals surface area (Å²) in [4.78, 5) is 10.8. The first kappa shape index (κ1) is 7.93. The van der Waals surface area contributed by atoms with Gasteiger partial charge in [0.1, 0.15) is 12.2 Å². The van der Waals surface area contributed by atoms with Gasteiger partial charge in [-0.05, 0) is 0 Å². The van der Waals surface area contributed by atoms with Gasteiger partial charge in [0.25, 0.3) is 0 Å². The van der Waals surface area contributed by atoms with E-state index in [-0.39, 0.29) is 0 Å². The third kappa shape index (κ3) is 0.862. The van der Waals surface area contributed by atoms with Crippen molar-refractivity contribution in [1.29, 1.82) is 0 Å². The van der Waals surface area contributed by atoms with Crippen LogP contribution in [0.5, 0.6) is 0 Å². The molecular weight excluding hydrogens is 168 g/mol. The second-order valence-electron chi connectivity index (χ2n) is 2.83. The maximum atomic E-state index is 10.8. The van der Waals surface area contributed by atoms with E-state index < -0.39 is 36.7 Å². The first-order chi connectivity index (χ1) is 5.61. The van der Waals surface area contributed by atoms with Crippen molar-refractivity contribution in [3.63, 3.8) is 0 Å². The van der Waals surface area contributed by atoms with Gasteiger partial charge in [-0.3, -0.25) is 0 Å². The number of aliphatic hydroxyl groups excluding tert-OH is 3. The molecule has 0 aromatic carbocycles. The van der Waals surface area contributed by atoms with E-state index >= 15 is 0 Å². The largest absolute Gasteiger partial charge is 0.454 e. The zero-order valence-electron chi connectivity index (χ0n) is 5.95. The van der Waals surface area contributed by atoms with Crippen LogP contribution < -0.4 is 0 Å². The zero-order chi connectivity index (χ0) is 8.88. The lowest BCUT2D eigenvalue weighted by Crippen LogP contribution is -2.53. The Hall–Kier alpha value is -0.690. The highest BCUT2D eigenvalue weighted by Crippen LogP contribution is 2.29. The summed E-state index contributed by atoms with van der Waals surface area (Å²) in [7, 11) is 0. The highest BCUT2D eigenvalue weighted by Gasteiger charge is 2.55. The molecule has 0 aliphatic carbocycles. The monoisotopic (exact) mass is 176 g/mol. The summed E-state index contributed by atoms with van der Waals surface area (Å²) >= 11 is 0. The molecule has 2 fully saturated rings. The van der Waals surface area contributed by atoms with Crippen LogP contribution in [0.2, 0.25) is 0 Å². The molecule has 0 unspecified atom stereocenters. The van der Waals surface area contributed by atoms with Crippen LogP contribution in [0.1, 0.15) is 0 Å². The Balaban J connectivity index is 2.25. The van der Waals surface area contributed by atoms with Gasteiger partial charge >= 0.3 is 5.97 Å². The molecule has 6 heteroatoms. The Morgan fingerprint density at radius 1 is 1.17 bits per heavy atom. The molecule has 0 amide bonds. The van der Waals surface area contributed by atoms with E-state index in [1.165, 1.54) is 0 Å². The van der Waals surface area contributed by atoms with Crippen molar-refractivity contribution in [2.45, 2.75) is 30.7 Å². The van der Waals surface area contributed by atoms with Crippen LogP contribution in [-0.4, -0.2) is 52.0 Å². The van der Waals surface area contributed by atoms with E-state index in [2.05, 4.69) is 9.47 Å². The zero-order valence-corrected chi connectivity index (χ0v) is 5.95. The molecule has 12 heavy (non-hydrogen) atoms. The molecule has 0 radical (unpaired) electrons. The van der Waals surface area contributed by atoms with Gasteiger partial charge in [0, 0.05) is 0 Å². The number of carbonyl (C=O) groups is 1. The lowest BCUT2D eigenvalue weighted by molar-refractivity contribution is -0.242. The number of hydrogen-bond donors (Lipinski definition) is 3. The molecule has 2 aliphatic rings. The van der Waals surface area contributed by atoms with Crippen LogP contribution in [0, 0.1) is 0 Å². The number of hydrogen-bond acceptors (Lipinski definition) is 6. The molecule has 2 heterocycles. The molecule has 2 saturated heterocycles. The number of carbonyl (C=O) groups excluding carboxylic acids is 1. The standard InChI is InChI=1S/C6H8O6/c7-1-3-2(8)5(9)12-4(1)6(10)11-3/h1-5,7-9H/t1-,2+,3-,4-,5+/m0/s1. The van der Waals surface area contributed by atoms with Crippen molar-refractivity contribution >= 4 is 5.97 Å². The van der Waals surface area contributed by atoms with E-state index in [0.717, 1.165) is 0 Å². The van der Waals surface area contributed by atoms with E-state index in [1.54, 1.807) is 0 Å². The van der Waals surface area contributed by atoms with Crippen LogP contribution >= 0.6 is 0 Å². The van der Waals surface area contributed by atoms with E-state index in [1.807, 2.05) is 0 Å². The second-order valence-corrected chi connectivity index (χ2v) is 2.83. The maximum absolute atomic E-state index is 10.8. The molecule has 3 N–H and O–H groups in total. The van der Waals surface area contributed by atoms with Gasteiger partial charge in [-0.2, -0.15) is 0 Å². The number of fused-ring (bicyclic) bond motifs is 2. The van der Waals surface area contributed by atoms with Crippen molar-refractivity contribution in [2.75, 3.05) is 0 Å². The van der Waals surface area contributed by atoms with E-state index in [4.69, 9.17) is 10.2 Å². The van der Waals surface area contributed by atoms with Crippen LogP contribution in [0.25, 0.3) is 0 Å². The van der Waals surface area contributed by atoms with E-state index in [9.17, 15) is 9.90 Å². The summed E-state index contributed by atoms with van der Waals surface area (Å²) < 4.78 is 9.15. The van der Waals surface area contributed by atoms with Gasteiger partial charge in [-0.15, -0.1) is 0 Å². The average molecular weight is 176 g/mol. The predicted molar refractivity (Wildman–Crippen MR) is 32.8 cm³/mol. The Kier molecular flexibility index (Phi) is 1.58. The molecule has 0 aromatic rings. The summed E-state index contributed by atoms with van der Waals surface area (Å²) in [5.74, 6) is -0.747. The number of ether oxygens (including phenoxy) is 2. The molecule has 0 spiro atoms. The van der Waals surface area contributed by atoms with Gasteiger partial charge in [-0.25, -0.2) is 4.79 Å². The molecule has 0 saturated carbocycles. The third-order valence-electron chi connectivity index (χ3n) is 2.05. The van der Waals surface area contributed by atoms with Gasteiger partial charge in [0.2, 0.25) is 0 Å². The topological polar surface area (TPSA) is 96.2 Å². The van der Waals surface area contributed by atoms with Crippen LogP contribution in [0.4, 0.5) is 0 Å². The minimum atomic E-state index is -1.46. The highest BCUT2D eigenvalue weighted by atomic mass is 16.7. The van der Waals surface area contributed by atoms with Crippen molar-refractivity contribution in [3.8, 4) is 0 Å². The Bertz CT molecular complexity index is 216. The number of esters is 1. The molecular formula is C6H8O6. The van der Waals surface area contributed by atoms with Gasteiger partial charge in [0.05, 0.1) is 0 Å². The van der Waals surface area contributed by atoms with E-state index in [0.29, 0.717) is 0 Å². The summed E-state index contributed by atoms with van der Waals surface area (Å²) in [6.07, 6.45) is -6.24. The fourth-order valence-electron chi connectivity index (χ4n) is 1.38. The quantitative estimate of drug-likeness (QED) is 0.349. The van der Waals surface area contributed by atoms with Crippen LogP contribution in [-0.2, 0) is 14.3 Å². The fourth-order valence-corrected chi connectivity index (χ4v) is 1.38. The second kappa shape index (κ2) is 2.40. The summed E-state index contributed by atoms with van der Waals surface area (Å²) in [6.45, 7) is 0. The van der Waals surface area contributed by atoms with Crippen molar-refractivity contribution < 1.29 is 29.6 Å². The molecule has 2 rings (SSSR count). The Labute approximate surface area is 67.3 Å². The smallest absolute Gasteiger partial charge is 0.338 e. The van der Waals surface area contributed by atoms with Crippen LogP contribution in [0.3, 0.4) is 0 Å². The maximum Gasteiger partial charge on any atom is 0.338 e. The molecule has 6 nitrogen and oxygen atoms in total. The van der Waals surface area contributed by atoms with Gasteiger partial charge in [-0.1, -0.05) is 0 Å². The Morgan fingerprint density at radius 3 is 2.50 bits per heavy atom. The summed E-state index contributed by atoms with van der Waals surface area (Å²) in [5, 5.41) is 27.3. The van der Waals surface area contributed by atoms with Crippen molar-refractivity contribution in [3.05, 3.63) is 0 Å². The first-order valence-electron chi connectivity index (χ1n) is 3.51. The van der Waals surface area contributed by atoms with Gasteiger partial charge < -0.3 is 24.8 Å². The summed E-state index contributed by atoms with van der Waals surface area (Å²) in [6, 6.07) is 0. The summed E-state index contributed by atoms with van der Waals surface area (Å²) in [5.41, 5.74) is 0. The number of aliphatic hydroxyl groups is 3. The van der Waals surface area contributed by atoms with Crippen molar-refractivity contribution in [2.24, 2.45) is 0 Å². The lowest BCUT2D eigenvalue weighted by Gasteiger charge is -2.30. The lowest BCUT2D eigenvalue weighted by atomic mass is 10.0. The average Bonchev–Trinajstić information content (AvgIpc) is 2.23.